The molecule has 258 valence electrons. The molecule has 0 saturated heterocycles. The normalized spacial score (nSPS) is 13.5. The first-order valence-electron chi connectivity index (χ1n) is 14.5. The summed E-state index contributed by atoms with van der Waals surface area (Å²) in [5.41, 5.74) is 2.06. The van der Waals surface area contributed by atoms with Crippen molar-refractivity contribution in [1.29, 1.82) is 0 Å². The Morgan fingerprint density at radius 3 is 1.59 bits per heavy atom. The van der Waals surface area contributed by atoms with Crippen molar-refractivity contribution in [2.75, 3.05) is 107 Å². The zero-order chi connectivity index (χ0) is 34.2. The van der Waals surface area contributed by atoms with E-state index < -0.39 is 39.1 Å². The molecule has 0 heterocycles. The number of esters is 2. The number of ether oxygens (including phenoxy) is 2. The van der Waals surface area contributed by atoms with Gasteiger partial charge in [0.25, 0.3) is 7.82 Å². The first-order valence-corrected chi connectivity index (χ1v) is 18.1. The fourth-order valence-electron chi connectivity index (χ4n) is 3.99. The quantitative estimate of drug-likeness (QED) is 0.0718. The number of rotatable bonds is 22. The number of halogens is 4. The van der Waals surface area contributed by atoms with Crippen molar-refractivity contribution < 1.29 is 42.1 Å². The summed E-state index contributed by atoms with van der Waals surface area (Å²) in [6.07, 6.45) is -1.27. The second-order valence-corrected chi connectivity index (χ2v) is 14.0. The van der Waals surface area contributed by atoms with Crippen LogP contribution in [-0.2, 0) is 23.1 Å². The van der Waals surface area contributed by atoms with Crippen LogP contribution in [-0.4, -0.2) is 120 Å². The first kappa shape index (κ1) is 40.4. The molecule has 0 spiro atoms. The lowest BCUT2D eigenvalue weighted by atomic mass is 10.2. The van der Waals surface area contributed by atoms with E-state index in [1.54, 1.807) is 48.5 Å². The Morgan fingerprint density at radius 2 is 1.17 bits per heavy atom. The van der Waals surface area contributed by atoms with Gasteiger partial charge >= 0.3 is 11.9 Å². The van der Waals surface area contributed by atoms with Gasteiger partial charge in [0.2, 0.25) is 0 Å². The summed E-state index contributed by atoms with van der Waals surface area (Å²) in [6.45, 7) is 1.48. The SMILES string of the molecule is C[N+](C)(C)CCOP(=O)([O-])OCC(COC(=O)c1ccc(N(CCCl)CCCl)cc1)OC(=O)c1ccc(N(CCCl)CCCl)cc1. The molecule has 2 atom stereocenters. The van der Waals surface area contributed by atoms with Crippen LogP contribution < -0.4 is 14.7 Å². The number of benzene rings is 2. The molecule has 0 aliphatic heterocycles. The van der Waals surface area contributed by atoms with Crippen molar-refractivity contribution in [2.45, 2.75) is 6.10 Å². The number of phosphoric ester groups is 1. The molecule has 0 aliphatic rings. The lowest BCUT2D eigenvalue weighted by Gasteiger charge is -2.28. The topological polar surface area (TPSA) is 118 Å². The van der Waals surface area contributed by atoms with Crippen LogP contribution in [0.25, 0.3) is 0 Å². The van der Waals surface area contributed by atoms with E-state index in [0.29, 0.717) is 60.7 Å². The molecule has 16 heteroatoms. The lowest BCUT2D eigenvalue weighted by molar-refractivity contribution is -0.870. The number of carbonyl (C=O) groups excluding carboxylic acids is 2. The minimum atomic E-state index is -4.75. The van der Waals surface area contributed by atoms with Crippen molar-refractivity contribution in [3.8, 4) is 0 Å². The lowest BCUT2D eigenvalue weighted by Crippen LogP contribution is -2.37. The second-order valence-electron chi connectivity index (χ2n) is 11.0. The van der Waals surface area contributed by atoms with E-state index in [1.807, 2.05) is 30.9 Å². The Balaban J connectivity index is 2.14. The van der Waals surface area contributed by atoms with Gasteiger partial charge in [0, 0.05) is 61.1 Å². The van der Waals surface area contributed by atoms with Crippen LogP contribution in [0.4, 0.5) is 11.4 Å². The summed E-state index contributed by atoms with van der Waals surface area (Å²) in [4.78, 5) is 42.2. The molecule has 0 radical (unpaired) electrons. The van der Waals surface area contributed by atoms with Gasteiger partial charge in [-0.1, -0.05) is 0 Å². The summed E-state index contributed by atoms with van der Waals surface area (Å²) in [5, 5.41) is 0. The van der Waals surface area contributed by atoms with Crippen LogP contribution in [0.15, 0.2) is 48.5 Å². The van der Waals surface area contributed by atoms with E-state index >= 15 is 0 Å². The van der Waals surface area contributed by atoms with Crippen LogP contribution in [0.3, 0.4) is 0 Å². The van der Waals surface area contributed by atoms with Gasteiger partial charge < -0.3 is 37.7 Å². The number of hydrogen-bond donors (Lipinski definition) is 0. The Hall–Kier alpha value is -1.79. The van der Waals surface area contributed by atoms with E-state index in [4.69, 9.17) is 64.9 Å². The predicted octanol–water partition coefficient (Wildman–Crippen LogP) is 4.84. The number of alkyl halides is 4. The molecule has 2 rings (SSSR count). The maximum absolute atomic E-state index is 13.0. The van der Waals surface area contributed by atoms with Gasteiger partial charge in [0.15, 0.2) is 6.10 Å². The molecular weight excluding hydrogens is 703 g/mol. The van der Waals surface area contributed by atoms with Crippen LogP contribution in [0.5, 0.6) is 0 Å². The monoisotopic (exact) mass is 743 g/mol. The van der Waals surface area contributed by atoms with Gasteiger partial charge in [-0.2, -0.15) is 0 Å². The van der Waals surface area contributed by atoms with Crippen molar-refractivity contribution in [2.24, 2.45) is 0 Å². The highest BCUT2D eigenvalue weighted by Crippen LogP contribution is 2.38. The van der Waals surface area contributed by atoms with Gasteiger partial charge in [-0.15, -0.1) is 46.4 Å². The number of quaternary nitrogens is 1. The molecule has 2 aromatic carbocycles. The largest absolute Gasteiger partial charge is 0.756 e. The number of anilines is 2. The molecule has 46 heavy (non-hydrogen) atoms. The van der Waals surface area contributed by atoms with Crippen LogP contribution >= 0.6 is 54.2 Å². The summed E-state index contributed by atoms with van der Waals surface area (Å²) in [7, 11) is 0.892. The smallest absolute Gasteiger partial charge is 0.338 e. The molecule has 0 fully saturated rings. The average molecular weight is 745 g/mol. The standard InChI is InChI=1S/C30H42Cl4N3O8P/c1-37(2,3)20-21-43-46(40,41)44-23-28(45-30(39)25-6-10-27(11-7-25)36(18-14-33)19-15-34)22-42-29(38)24-4-8-26(9-5-24)35(16-12-31)17-13-32/h4-11,28H,12-23H2,1-3H3. The van der Waals surface area contributed by atoms with Gasteiger partial charge in [0.05, 0.1) is 38.9 Å². The highest BCUT2D eigenvalue weighted by Gasteiger charge is 2.23. The fourth-order valence-corrected chi connectivity index (χ4v) is 5.54. The molecule has 0 aliphatic carbocycles. The zero-order valence-corrected chi connectivity index (χ0v) is 30.2. The third-order valence-corrected chi connectivity index (χ3v) is 8.10. The van der Waals surface area contributed by atoms with E-state index in [-0.39, 0.29) is 17.7 Å². The fraction of sp³-hybridized carbons (Fsp3) is 0.533. The van der Waals surface area contributed by atoms with Gasteiger partial charge in [-0.05, 0) is 48.5 Å². The van der Waals surface area contributed by atoms with Crippen LogP contribution in [0.2, 0.25) is 0 Å². The summed E-state index contributed by atoms with van der Waals surface area (Å²) < 4.78 is 33.8. The van der Waals surface area contributed by atoms with Crippen LogP contribution in [0, 0.1) is 0 Å². The minimum absolute atomic E-state index is 0.107. The molecule has 0 bridgehead atoms. The summed E-state index contributed by atoms with van der Waals surface area (Å²) in [5.74, 6) is 0.131. The minimum Gasteiger partial charge on any atom is -0.756 e. The molecular formula is C30H42Cl4N3O8P. The van der Waals surface area contributed by atoms with E-state index in [9.17, 15) is 19.0 Å². The third-order valence-electron chi connectivity index (χ3n) is 6.46. The van der Waals surface area contributed by atoms with Crippen molar-refractivity contribution in [1.82, 2.24) is 0 Å². The summed E-state index contributed by atoms with van der Waals surface area (Å²) >= 11 is 23.6. The van der Waals surface area contributed by atoms with E-state index in [2.05, 4.69) is 0 Å². The second kappa shape index (κ2) is 20.5. The third kappa shape index (κ3) is 15.0. The van der Waals surface area contributed by atoms with Crippen LogP contribution in [0.1, 0.15) is 20.7 Å². The van der Waals surface area contributed by atoms with Crippen molar-refractivity contribution in [3.05, 3.63) is 59.7 Å². The maximum Gasteiger partial charge on any atom is 0.338 e. The Kier molecular flexibility index (Phi) is 18.0. The van der Waals surface area contributed by atoms with Crippen molar-refractivity contribution in [3.63, 3.8) is 0 Å². The molecule has 0 aromatic heterocycles. The van der Waals surface area contributed by atoms with E-state index in [0.717, 1.165) is 11.4 Å². The van der Waals surface area contributed by atoms with Crippen molar-refractivity contribution >= 4 is 77.5 Å². The van der Waals surface area contributed by atoms with Gasteiger partial charge in [-0.3, -0.25) is 4.57 Å². The number of phosphoric acid groups is 1. The first-order chi connectivity index (χ1) is 21.8. The molecule has 2 aromatic rings. The highest BCUT2D eigenvalue weighted by molar-refractivity contribution is 7.45. The number of carbonyl (C=O) groups is 2. The Bertz CT molecular complexity index is 1240. The number of hydrogen-bond acceptors (Lipinski definition) is 10. The molecule has 0 saturated carbocycles. The van der Waals surface area contributed by atoms with Gasteiger partial charge in [0.1, 0.15) is 19.8 Å². The molecule has 2 unspecified atom stereocenters. The Labute approximate surface area is 291 Å². The predicted molar refractivity (Wildman–Crippen MR) is 182 cm³/mol. The molecule has 0 N–H and O–H groups in total. The van der Waals surface area contributed by atoms with Gasteiger partial charge in [-0.25, -0.2) is 9.59 Å². The average Bonchev–Trinajstić information content (AvgIpc) is 3.01. The highest BCUT2D eigenvalue weighted by atomic mass is 35.5. The Morgan fingerprint density at radius 1 is 0.739 bits per heavy atom. The zero-order valence-electron chi connectivity index (χ0n) is 26.2. The maximum atomic E-state index is 13.0. The number of likely N-dealkylation sites (N-methyl/N-ethyl adjacent to an activating group) is 1. The molecule has 11 nitrogen and oxygen atoms in total. The number of nitrogens with zero attached hydrogens (tertiary/aromatic N) is 3. The summed E-state index contributed by atoms with van der Waals surface area (Å²) in [6, 6.07) is 13.2. The van der Waals surface area contributed by atoms with E-state index in [1.165, 1.54) is 0 Å². The molecule has 0 amide bonds.